The number of nitrogens with zero attached hydrogens (tertiary/aromatic N) is 3. The predicted molar refractivity (Wildman–Crippen MR) is 76.4 cm³/mol. The molecule has 4 nitrogen and oxygen atoms in total. The predicted octanol–water partition coefficient (Wildman–Crippen LogP) is 2.41. The van der Waals surface area contributed by atoms with E-state index in [9.17, 15) is 0 Å². The average Bonchev–Trinajstić information content (AvgIpc) is 2.79. The quantitative estimate of drug-likeness (QED) is 0.810. The van der Waals surface area contributed by atoms with Crippen LogP contribution in [-0.4, -0.2) is 34.1 Å². The van der Waals surface area contributed by atoms with Crippen molar-refractivity contribution in [3.05, 3.63) is 18.2 Å². The van der Waals surface area contributed by atoms with Gasteiger partial charge in [0.05, 0.1) is 6.04 Å². The van der Waals surface area contributed by atoms with Crippen LogP contribution in [-0.2, 0) is 6.54 Å². The molecule has 2 N–H and O–H groups in total. The Morgan fingerprint density at radius 3 is 2.39 bits per heavy atom. The van der Waals surface area contributed by atoms with Crippen molar-refractivity contribution in [2.24, 2.45) is 5.73 Å². The zero-order valence-corrected chi connectivity index (χ0v) is 12.5. The maximum atomic E-state index is 6.55. The van der Waals surface area contributed by atoms with E-state index in [0.717, 1.165) is 31.6 Å². The van der Waals surface area contributed by atoms with Crippen LogP contribution in [0.5, 0.6) is 0 Å². The van der Waals surface area contributed by atoms with E-state index >= 15 is 0 Å². The molecular weight excluding hydrogens is 224 g/mol. The molecule has 1 aromatic rings. The number of aromatic nitrogens is 2. The molecule has 1 unspecified atom stereocenters. The first-order valence-corrected chi connectivity index (χ1v) is 6.97. The van der Waals surface area contributed by atoms with Gasteiger partial charge < -0.3 is 15.2 Å². The highest BCUT2D eigenvalue weighted by molar-refractivity contribution is 5.09. The second-order valence-corrected chi connectivity index (χ2v) is 5.16. The summed E-state index contributed by atoms with van der Waals surface area (Å²) in [6, 6.07) is -0.0518. The minimum Gasteiger partial charge on any atom is -0.334 e. The molecule has 0 fully saturated rings. The Kier molecular flexibility index (Phi) is 5.35. The van der Waals surface area contributed by atoms with Gasteiger partial charge in [-0.1, -0.05) is 20.8 Å². The Morgan fingerprint density at radius 1 is 1.33 bits per heavy atom. The first-order valence-electron chi connectivity index (χ1n) is 6.97. The SMILES string of the molecule is CCCn1ccnc1C(N)C(CC)(CC)N(C)C. The van der Waals surface area contributed by atoms with Crippen LogP contribution < -0.4 is 5.73 Å². The van der Waals surface area contributed by atoms with E-state index in [4.69, 9.17) is 5.73 Å². The largest absolute Gasteiger partial charge is 0.334 e. The Bertz CT molecular complexity index is 352. The smallest absolute Gasteiger partial charge is 0.127 e. The van der Waals surface area contributed by atoms with Gasteiger partial charge >= 0.3 is 0 Å². The molecule has 0 bridgehead atoms. The lowest BCUT2D eigenvalue weighted by atomic mass is 9.83. The molecule has 1 atom stereocenters. The van der Waals surface area contributed by atoms with Crippen LogP contribution in [0, 0.1) is 0 Å². The van der Waals surface area contributed by atoms with Gasteiger partial charge in [-0.3, -0.25) is 0 Å². The van der Waals surface area contributed by atoms with Crippen LogP contribution in [0.4, 0.5) is 0 Å². The summed E-state index contributed by atoms with van der Waals surface area (Å²) in [4.78, 5) is 6.74. The Morgan fingerprint density at radius 2 is 1.94 bits per heavy atom. The highest BCUT2D eigenvalue weighted by Crippen LogP contribution is 2.33. The van der Waals surface area contributed by atoms with Crippen LogP contribution >= 0.6 is 0 Å². The van der Waals surface area contributed by atoms with E-state index in [2.05, 4.69) is 49.3 Å². The molecule has 0 saturated heterocycles. The van der Waals surface area contributed by atoms with E-state index in [1.807, 2.05) is 12.4 Å². The number of imidazole rings is 1. The first-order chi connectivity index (χ1) is 8.53. The van der Waals surface area contributed by atoms with E-state index in [1.54, 1.807) is 0 Å². The van der Waals surface area contributed by atoms with Crippen molar-refractivity contribution in [3.63, 3.8) is 0 Å². The fourth-order valence-electron chi connectivity index (χ4n) is 2.87. The fourth-order valence-corrected chi connectivity index (χ4v) is 2.87. The third-order valence-electron chi connectivity index (χ3n) is 4.18. The van der Waals surface area contributed by atoms with Crippen molar-refractivity contribution in [3.8, 4) is 0 Å². The van der Waals surface area contributed by atoms with Crippen molar-refractivity contribution >= 4 is 0 Å². The molecule has 0 amide bonds. The topological polar surface area (TPSA) is 47.1 Å². The monoisotopic (exact) mass is 252 g/mol. The summed E-state index contributed by atoms with van der Waals surface area (Å²) in [6.45, 7) is 7.57. The molecule has 0 aliphatic rings. The zero-order chi connectivity index (χ0) is 13.8. The number of hydrogen-bond donors (Lipinski definition) is 1. The summed E-state index contributed by atoms with van der Waals surface area (Å²) in [5, 5.41) is 0. The summed E-state index contributed by atoms with van der Waals surface area (Å²) in [5.41, 5.74) is 6.53. The standard InChI is InChI=1S/C14H28N4/c1-6-10-18-11-9-16-13(18)12(15)14(7-2,8-3)17(4)5/h9,11-12H,6-8,10,15H2,1-5H3. The number of aryl methyl sites for hydroxylation is 1. The molecular formula is C14H28N4. The normalized spacial score (nSPS) is 14.2. The molecule has 0 aliphatic heterocycles. The van der Waals surface area contributed by atoms with Gasteiger partial charge in [0.25, 0.3) is 0 Å². The van der Waals surface area contributed by atoms with Crippen LogP contribution in [0.25, 0.3) is 0 Å². The highest BCUT2D eigenvalue weighted by atomic mass is 15.2. The lowest BCUT2D eigenvalue weighted by Crippen LogP contribution is -2.52. The number of nitrogens with two attached hydrogens (primary N) is 1. The summed E-state index contributed by atoms with van der Waals surface area (Å²) in [7, 11) is 4.22. The van der Waals surface area contributed by atoms with Crippen molar-refractivity contribution in [1.82, 2.24) is 14.5 Å². The highest BCUT2D eigenvalue weighted by Gasteiger charge is 2.38. The Hall–Kier alpha value is -0.870. The minimum atomic E-state index is -0.0518. The number of hydrogen-bond acceptors (Lipinski definition) is 3. The maximum absolute atomic E-state index is 6.55. The molecule has 18 heavy (non-hydrogen) atoms. The van der Waals surface area contributed by atoms with Gasteiger partial charge in [0, 0.05) is 24.5 Å². The molecule has 0 saturated carbocycles. The minimum absolute atomic E-state index is 0.0170. The van der Waals surface area contributed by atoms with Gasteiger partial charge in [-0.25, -0.2) is 4.98 Å². The van der Waals surface area contributed by atoms with E-state index in [-0.39, 0.29) is 11.6 Å². The Balaban J connectivity index is 3.09. The molecule has 0 radical (unpaired) electrons. The number of rotatable bonds is 7. The summed E-state index contributed by atoms with van der Waals surface area (Å²) in [6.07, 6.45) is 7.04. The van der Waals surface area contributed by atoms with Crippen LogP contribution in [0.3, 0.4) is 0 Å². The zero-order valence-electron chi connectivity index (χ0n) is 12.5. The van der Waals surface area contributed by atoms with Crippen molar-refractivity contribution in [2.45, 2.75) is 58.2 Å². The molecule has 0 aromatic carbocycles. The molecule has 1 rings (SSSR count). The van der Waals surface area contributed by atoms with Crippen molar-refractivity contribution < 1.29 is 0 Å². The van der Waals surface area contributed by atoms with Crippen molar-refractivity contribution in [1.29, 1.82) is 0 Å². The molecule has 4 heteroatoms. The molecule has 1 heterocycles. The second kappa shape index (κ2) is 6.34. The molecule has 1 aromatic heterocycles. The second-order valence-electron chi connectivity index (χ2n) is 5.16. The van der Waals surface area contributed by atoms with Gasteiger partial charge in [-0.05, 0) is 33.4 Å². The van der Waals surface area contributed by atoms with Crippen molar-refractivity contribution in [2.75, 3.05) is 14.1 Å². The fraction of sp³-hybridized carbons (Fsp3) is 0.786. The van der Waals surface area contributed by atoms with Gasteiger partial charge in [0.15, 0.2) is 0 Å². The first kappa shape index (κ1) is 15.2. The van der Waals surface area contributed by atoms with E-state index in [0.29, 0.717) is 0 Å². The van der Waals surface area contributed by atoms with Gasteiger partial charge in [-0.15, -0.1) is 0 Å². The van der Waals surface area contributed by atoms with Gasteiger partial charge in [0.1, 0.15) is 5.82 Å². The third-order valence-corrected chi connectivity index (χ3v) is 4.18. The van der Waals surface area contributed by atoms with Crippen LogP contribution in [0.15, 0.2) is 12.4 Å². The lowest BCUT2D eigenvalue weighted by molar-refractivity contribution is 0.100. The molecule has 104 valence electrons. The Labute approximate surface area is 111 Å². The average molecular weight is 252 g/mol. The van der Waals surface area contributed by atoms with E-state index < -0.39 is 0 Å². The summed E-state index contributed by atoms with van der Waals surface area (Å²) >= 11 is 0. The molecule has 0 spiro atoms. The summed E-state index contributed by atoms with van der Waals surface area (Å²) < 4.78 is 2.19. The maximum Gasteiger partial charge on any atom is 0.127 e. The van der Waals surface area contributed by atoms with E-state index in [1.165, 1.54) is 0 Å². The van der Waals surface area contributed by atoms with Gasteiger partial charge in [0.2, 0.25) is 0 Å². The third kappa shape index (κ3) is 2.59. The molecule has 0 aliphatic carbocycles. The summed E-state index contributed by atoms with van der Waals surface area (Å²) in [5.74, 6) is 1.01. The number of likely N-dealkylation sites (N-methyl/N-ethyl adjacent to an activating group) is 1. The van der Waals surface area contributed by atoms with Crippen LogP contribution in [0.2, 0.25) is 0 Å². The van der Waals surface area contributed by atoms with Gasteiger partial charge in [-0.2, -0.15) is 0 Å². The lowest BCUT2D eigenvalue weighted by Gasteiger charge is -2.43. The van der Waals surface area contributed by atoms with Crippen LogP contribution in [0.1, 0.15) is 51.9 Å².